The Morgan fingerprint density at radius 2 is 1.28 bits per heavy atom. The first-order valence-electron chi connectivity index (χ1n) is 5.03. The van der Waals surface area contributed by atoms with Crippen LogP contribution in [-0.4, -0.2) is 0 Å². The fourth-order valence-electron chi connectivity index (χ4n) is 1.71. The Morgan fingerprint density at radius 3 is 1.89 bits per heavy atom. The summed E-state index contributed by atoms with van der Waals surface area (Å²) in [6, 6.07) is 6.30. The third kappa shape index (κ3) is 2.08. The van der Waals surface area contributed by atoms with Crippen LogP contribution in [0.25, 0.3) is 11.1 Å². The number of benzene rings is 2. The third-order valence-corrected chi connectivity index (χ3v) is 2.51. The molecule has 2 aromatic carbocycles. The molecule has 0 saturated heterocycles. The van der Waals surface area contributed by atoms with Crippen molar-refractivity contribution in [2.24, 2.45) is 0 Å². The molecule has 0 N–H and O–H groups in total. The van der Waals surface area contributed by atoms with Crippen LogP contribution in [0.5, 0.6) is 0 Å². The summed E-state index contributed by atoms with van der Waals surface area (Å²) in [5.74, 6) is -3.59. The average molecular weight is 258 g/mol. The minimum absolute atomic E-state index is 0.345. The molecule has 0 nitrogen and oxygen atoms in total. The first-order chi connectivity index (χ1) is 8.52. The van der Waals surface area contributed by atoms with Crippen molar-refractivity contribution in [3.8, 4) is 11.1 Å². The molecule has 0 aliphatic rings. The molecule has 0 saturated carbocycles. The quantitative estimate of drug-likeness (QED) is 0.684. The van der Waals surface area contributed by atoms with E-state index in [0.29, 0.717) is 0 Å². The smallest absolute Gasteiger partial charge is 0.206 e. The van der Waals surface area contributed by atoms with Gasteiger partial charge in [-0.05, 0) is 17.7 Å². The molecular formula is C13H7F5. The van der Waals surface area contributed by atoms with Crippen LogP contribution in [0.1, 0.15) is 12.0 Å². The highest BCUT2D eigenvalue weighted by molar-refractivity contribution is 5.68. The summed E-state index contributed by atoms with van der Waals surface area (Å²) >= 11 is 0. The second-order valence-corrected chi connectivity index (χ2v) is 3.60. The van der Waals surface area contributed by atoms with Gasteiger partial charge < -0.3 is 0 Å². The standard InChI is InChI=1S/C13H7F5/c14-9-5-1-3-7(11(9)13(17)18)8-4-2-6-10(15)12(8)16/h1-6,13H. The lowest BCUT2D eigenvalue weighted by molar-refractivity contribution is 0.147. The van der Waals surface area contributed by atoms with E-state index in [1.807, 2.05) is 0 Å². The van der Waals surface area contributed by atoms with E-state index >= 15 is 0 Å². The summed E-state index contributed by atoms with van der Waals surface area (Å²) in [7, 11) is 0. The van der Waals surface area contributed by atoms with Crippen molar-refractivity contribution in [3.63, 3.8) is 0 Å². The van der Waals surface area contributed by atoms with Crippen molar-refractivity contribution < 1.29 is 22.0 Å². The van der Waals surface area contributed by atoms with E-state index < -0.39 is 29.4 Å². The summed E-state index contributed by atoms with van der Waals surface area (Å²) in [5, 5.41) is 0. The van der Waals surface area contributed by atoms with Gasteiger partial charge in [0.15, 0.2) is 11.6 Å². The zero-order valence-corrected chi connectivity index (χ0v) is 8.93. The molecule has 0 aromatic heterocycles. The van der Waals surface area contributed by atoms with Gasteiger partial charge in [0, 0.05) is 5.56 Å². The van der Waals surface area contributed by atoms with Crippen LogP contribution >= 0.6 is 0 Å². The van der Waals surface area contributed by atoms with Crippen LogP contribution in [0.4, 0.5) is 22.0 Å². The number of rotatable bonds is 2. The highest BCUT2D eigenvalue weighted by Gasteiger charge is 2.21. The Kier molecular flexibility index (Phi) is 3.32. The Labute approximate surface area is 99.7 Å². The molecule has 0 radical (unpaired) electrons. The van der Waals surface area contributed by atoms with Gasteiger partial charge in [-0.15, -0.1) is 0 Å². The Hall–Kier alpha value is -1.91. The zero-order chi connectivity index (χ0) is 13.3. The van der Waals surface area contributed by atoms with Gasteiger partial charge in [-0.2, -0.15) is 0 Å². The van der Waals surface area contributed by atoms with E-state index in [4.69, 9.17) is 0 Å². The van der Waals surface area contributed by atoms with Crippen molar-refractivity contribution in [2.75, 3.05) is 0 Å². The lowest BCUT2D eigenvalue weighted by Crippen LogP contribution is -1.98. The summed E-state index contributed by atoms with van der Waals surface area (Å²) in [6.07, 6.45) is -3.11. The molecule has 0 atom stereocenters. The molecule has 18 heavy (non-hydrogen) atoms. The topological polar surface area (TPSA) is 0 Å². The van der Waals surface area contributed by atoms with Crippen LogP contribution in [0.3, 0.4) is 0 Å². The first kappa shape index (κ1) is 12.5. The molecule has 0 heterocycles. The molecule has 0 amide bonds. The predicted octanol–water partition coefficient (Wildman–Crippen LogP) is 4.71. The summed E-state index contributed by atoms with van der Waals surface area (Å²) < 4.78 is 65.4. The van der Waals surface area contributed by atoms with Crippen molar-refractivity contribution in [1.82, 2.24) is 0 Å². The fraction of sp³-hybridized carbons (Fsp3) is 0.0769. The highest BCUT2D eigenvalue weighted by atomic mass is 19.3. The SMILES string of the molecule is Fc1cccc(-c2cccc(F)c2C(F)F)c1F. The molecule has 0 aliphatic carbocycles. The molecular weight excluding hydrogens is 251 g/mol. The van der Waals surface area contributed by atoms with Crippen molar-refractivity contribution in [3.05, 3.63) is 59.4 Å². The van der Waals surface area contributed by atoms with Crippen LogP contribution in [0.2, 0.25) is 0 Å². The van der Waals surface area contributed by atoms with Gasteiger partial charge in [0.05, 0.1) is 5.56 Å². The number of alkyl halides is 2. The van der Waals surface area contributed by atoms with Crippen LogP contribution in [-0.2, 0) is 0 Å². The molecule has 0 bridgehead atoms. The van der Waals surface area contributed by atoms with Crippen molar-refractivity contribution in [1.29, 1.82) is 0 Å². The molecule has 5 heteroatoms. The van der Waals surface area contributed by atoms with Gasteiger partial charge in [-0.3, -0.25) is 0 Å². The van der Waals surface area contributed by atoms with Crippen molar-refractivity contribution >= 4 is 0 Å². The summed E-state index contributed by atoms with van der Waals surface area (Å²) in [5.41, 5.74) is -1.66. The van der Waals surface area contributed by atoms with Gasteiger partial charge in [0.2, 0.25) is 0 Å². The fourth-order valence-corrected chi connectivity index (χ4v) is 1.71. The minimum atomic E-state index is -3.11. The van der Waals surface area contributed by atoms with E-state index in [-0.39, 0.29) is 11.1 Å². The second kappa shape index (κ2) is 4.76. The van der Waals surface area contributed by atoms with Gasteiger partial charge >= 0.3 is 0 Å². The van der Waals surface area contributed by atoms with Crippen molar-refractivity contribution in [2.45, 2.75) is 6.43 Å². The Balaban J connectivity index is 2.72. The van der Waals surface area contributed by atoms with Gasteiger partial charge in [-0.1, -0.05) is 24.3 Å². The molecule has 0 unspecified atom stereocenters. The molecule has 0 fully saturated rings. The van der Waals surface area contributed by atoms with E-state index in [1.54, 1.807) is 0 Å². The zero-order valence-electron chi connectivity index (χ0n) is 8.93. The predicted molar refractivity (Wildman–Crippen MR) is 56.7 cm³/mol. The largest absolute Gasteiger partial charge is 0.267 e. The summed E-state index contributed by atoms with van der Waals surface area (Å²) in [6.45, 7) is 0. The lowest BCUT2D eigenvalue weighted by Gasteiger charge is -2.11. The maximum absolute atomic E-state index is 13.5. The Bertz CT molecular complexity index is 578. The van der Waals surface area contributed by atoms with E-state index in [0.717, 1.165) is 24.3 Å². The second-order valence-electron chi connectivity index (χ2n) is 3.60. The Morgan fingerprint density at radius 1 is 0.722 bits per heavy atom. The van der Waals surface area contributed by atoms with Crippen LogP contribution in [0.15, 0.2) is 36.4 Å². The highest BCUT2D eigenvalue weighted by Crippen LogP contribution is 2.34. The van der Waals surface area contributed by atoms with Crippen LogP contribution < -0.4 is 0 Å². The van der Waals surface area contributed by atoms with Gasteiger partial charge in [0.25, 0.3) is 6.43 Å². The number of hydrogen-bond acceptors (Lipinski definition) is 0. The average Bonchev–Trinajstić information content (AvgIpc) is 2.32. The minimum Gasteiger partial charge on any atom is -0.206 e. The molecule has 94 valence electrons. The summed E-state index contributed by atoms with van der Waals surface area (Å²) in [4.78, 5) is 0. The monoisotopic (exact) mass is 258 g/mol. The maximum Gasteiger partial charge on any atom is 0.267 e. The molecule has 0 spiro atoms. The molecule has 2 aromatic rings. The van der Waals surface area contributed by atoms with Crippen LogP contribution in [0, 0.1) is 17.5 Å². The van der Waals surface area contributed by atoms with Gasteiger partial charge in [-0.25, -0.2) is 22.0 Å². The van der Waals surface area contributed by atoms with E-state index in [2.05, 4.69) is 0 Å². The lowest BCUT2D eigenvalue weighted by atomic mass is 9.99. The number of halogens is 5. The third-order valence-electron chi connectivity index (χ3n) is 2.51. The normalized spacial score (nSPS) is 11.0. The maximum atomic E-state index is 13.5. The number of hydrogen-bond donors (Lipinski definition) is 0. The van der Waals surface area contributed by atoms with E-state index in [1.165, 1.54) is 12.1 Å². The first-order valence-corrected chi connectivity index (χ1v) is 5.03. The molecule has 2 rings (SSSR count). The molecule has 0 aliphatic heterocycles. The van der Waals surface area contributed by atoms with Gasteiger partial charge in [0.1, 0.15) is 5.82 Å². The van der Waals surface area contributed by atoms with E-state index in [9.17, 15) is 22.0 Å².